The molecule has 0 radical (unpaired) electrons. The first-order chi connectivity index (χ1) is 11.0. The van der Waals surface area contributed by atoms with Crippen LogP contribution in [-0.2, 0) is 4.79 Å². The molecule has 8 heteroatoms. The molecule has 7 nitrogen and oxygen atoms in total. The number of aryl methyl sites for hydroxylation is 1. The van der Waals surface area contributed by atoms with E-state index >= 15 is 0 Å². The molecule has 0 aliphatic rings. The predicted octanol–water partition coefficient (Wildman–Crippen LogP) is 1.30. The number of ether oxygens (including phenoxy) is 1. The van der Waals surface area contributed by atoms with Crippen molar-refractivity contribution < 1.29 is 18.7 Å². The van der Waals surface area contributed by atoms with E-state index in [0.29, 0.717) is 5.75 Å². The highest BCUT2D eigenvalue weighted by atomic mass is 32.1. The first-order valence-corrected chi connectivity index (χ1v) is 7.08. The molecule has 1 aromatic carbocycles. The van der Waals surface area contributed by atoms with Gasteiger partial charge in [0, 0.05) is 0 Å². The van der Waals surface area contributed by atoms with E-state index < -0.39 is 11.8 Å². The zero-order valence-electron chi connectivity index (χ0n) is 12.3. The van der Waals surface area contributed by atoms with Gasteiger partial charge in [0.25, 0.3) is 11.8 Å². The summed E-state index contributed by atoms with van der Waals surface area (Å²) < 4.78 is 10.2. The van der Waals surface area contributed by atoms with E-state index in [4.69, 9.17) is 21.4 Å². The van der Waals surface area contributed by atoms with E-state index in [9.17, 15) is 9.59 Å². The van der Waals surface area contributed by atoms with Crippen LogP contribution in [-0.4, -0.2) is 23.5 Å². The van der Waals surface area contributed by atoms with E-state index in [1.807, 2.05) is 25.1 Å². The van der Waals surface area contributed by atoms with E-state index in [0.717, 1.165) is 5.56 Å². The third kappa shape index (κ3) is 5.44. The number of furan rings is 1. The van der Waals surface area contributed by atoms with Crippen LogP contribution in [0.15, 0.2) is 47.1 Å². The first-order valence-electron chi connectivity index (χ1n) is 6.68. The summed E-state index contributed by atoms with van der Waals surface area (Å²) in [6.07, 6.45) is 1.37. The van der Waals surface area contributed by atoms with E-state index in [1.165, 1.54) is 12.3 Å². The Labute approximate surface area is 138 Å². The molecule has 3 N–H and O–H groups in total. The minimum atomic E-state index is -0.516. The molecule has 0 saturated carbocycles. The van der Waals surface area contributed by atoms with Gasteiger partial charge in [0.05, 0.1) is 6.26 Å². The highest BCUT2D eigenvalue weighted by molar-refractivity contribution is 7.80. The molecule has 1 heterocycles. The molecular formula is C15H15N3O4S. The third-order valence-corrected chi connectivity index (χ3v) is 2.85. The van der Waals surface area contributed by atoms with Gasteiger partial charge >= 0.3 is 0 Å². The molecule has 0 unspecified atom stereocenters. The van der Waals surface area contributed by atoms with Crippen LogP contribution in [0.4, 0.5) is 0 Å². The highest BCUT2D eigenvalue weighted by Gasteiger charge is 2.10. The smallest absolute Gasteiger partial charge is 0.293 e. The molecule has 2 amide bonds. The fourth-order valence-electron chi connectivity index (χ4n) is 1.62. The number of hydrogen-bond donors (Lipinski definition) is 3. The van der Waals surface area contributed by atoms with Crippen LogP contribution < -0.4 is 20.9 Å². The number of amides is 2. The lowest BCUT2D eigenvalue weighted by molar-refractivity contribution is -0.123. The largest absolute Gasteiger partial charge is 0.484 e. The molecular weight excluding hydrogens is 318 g/mol. The average Bonchev–Trinajstić information content (AvgIpc) is 3.05. The molecule has 0 atom stereocenters. The molecule has 0 aliphatic heterocycles. The Hall–Kier alpha value is -2.87. The lowest BCUT2D eigenvalue weighted by Crippen LogP contribution is -2.49. The monoisotopic (exact) mass is 333 g/mol. The Bertz CT molecular complexity index is 701. The molecule has 0 bridgehead atoms. The molecule has 1 aromatic heterocycles. The van der Waals surface area contributed by atoms with Crippen molar-refractivity contribution in [3.63, 3.8) is 0 Å². The minimum absolute atomic E-state index is 0.0599. The van der Waals surface area contributed by atoms with Crippen LogP contribution in [0.2, 0.25) is 0 Å². The second-order valence-corrected chi connectivity index (χ2v) is 4.95. The Kier molecular flexibility index (Phi) is 5.70. The fourth-order valence-corrected chi connectivity index (χ4v) is 1.76. The van der Waals surface area contributed by atoms with Gasteiger partial charge in [-0.3, -0.25) is 25.8 Å². The first kappa shape index (κ1) is 16.5. The standard InChI is InChI=1S/C15H15N3O4S/c1-10-4-2-5-11(8-10)22-9-13(19)17-18-15(23)16-14(20)12-6-3-7-21-12/h2-8H,9H2,1H3,(H,17,19)(H2,16,18,20,23). The maximum absolute atomic E-state index is 11.6. The van der Waals surface area contributed by atoms with Crippen LogP contribution >= 0.6 is 12.2 Å². The highest BCUT2D eigenvalue weighted by Crippen LogP contribution is 2.11. The lowest BCUT2D eigenvalue weighted by Gasteiger charge is -2.11. The summed E-state index contributed by atoms with van der Waals surface area (Å²) >= 11 is 4.88. The number of hydrogen-bond acceptors (Lipinski definition) is 5. The van der Waals surface area contributed by atoms with Crippen LogP contribution in [0.25, 0.3) is 0 Å². The van der Waals surface area contributed by atoms with Crippen molar-refractivity contribution in [2.45, 2.75) is 6.92 Å². The second kappa shape index (κ2) is 7.95. The van der Waals surface area contributed by atoms with Crippen LogP contribution in [0.5, 0.6) is 5.75 Å². The number of thiocarbonyl (C=S) groups is 1. The van der Waals surface area contributed by atoms with Gasteiger partial charge < -0.3 is 9.15 Å². The molecule has 120 valence electrons. The van der Waals surface area contributed by atoms with Crippen molar-refractivity contribution >= 4 is 29.1 Å². The van der Waals surface area contributed by atoms with Crippen molar-refractivity contribution in [1.29, 1.82) is 0 Å². The van der Waals surface area contributed by atoms with Gasteiger partial charge in [-0.1, -0.05) is 12.1 Å². The maximum atomic E-state index is 11.6. The summed E-state index contributed by atoms with van der Waals surface area (Å²) in [5.74, 6) is -0.254. The van der Waals surface area contributed by atoms with E-state index in [2.05, 4.69) is 16.2 Å². The summed E-state index contributed by atoms with van der Waals surface area (Å²) in [7, 11) is 0. The summed E-state index contributed by atoms with van der Waals surface area (Å²) in [6.45, 7) is 1.74. The Morgan fingerprint density at radius 2 is 2.04 bits per heavy atom. The Morgan fingerprint density at radius 3 is 2.74 bits per heavy atom. The number of carbonyl (C=O) groups is 2. The quantitative estimate of drug-likeness (QED) is 0.577. The molecule has 0 aliphatic carbocycles. The molecule has 2 rings (SSSR count). The Morgan fingerprint density at radius 1 is 1.22 bits per heavy atom. The average molecular weight is 333 g/mol. The molecule has 2 aromatic rings. The van der Waals surface area contributed by atoms with E-state index in [1.54, 1.807) is 12.1 Å². The molecule has 0 fully saturated rings. The summed E-state index contributed by atoms with van der Waals surface area (Å²) in [6, 6.07) is 10.4. The topological polar surface area (TPSA) is 92.6 Å². The molecule has 23 heavy (non-hydrogen) atoms. The lowest BCUT2D eigenvalue weighted by atomic mass is 10.2. The maximum Gasteiger partial charge on any atom is 0.293 e. The minimum Gasteiger partial charge on any atom is -0.484 e. The number of rotatable bonds is 4. The zero-order valence-corrected chi connectivity index (χ0v) is 13.1. The van der Waals surface area contributed by atoms with Crippen molar-refractivity contribution in [1.82, 2.24) is 16.2 Å². The van der Waals surface area contributed by atoms with Gasteiger partial charge in [-0.25, -0.2) is 0 Å². The Balaban J connectivity index is 1.69. The van der Waals surface area contributed by atoms with Gasteiger partial charge in [0.1, 0.15) is 5.75 Å². The summed E-state index contributed by atoms with van der Waals surface area (Å²) in [5.41, 5.74) is 5.75. The van der Waals surface area contributed by atoms with Crippen LogP contribution in [0.3, 0.4) is 0 Å². The molecule has 0 saturated heterocycles. The predicted molar refractivity (Wildman–Crippen MR) is 86.7 cm³/mol. The van der Waals surface area contributed by atoms with Gasteiger partial charge in [-0.2, -0.15) is 0 Å². The molecule has 0 spiro atoms. The van der Waals surface area contributed by atoms with E-state index in [-0.39, 0.29) is 17.5 Å². The summed E-state index contributed by atoms with van der Waals surface area (Å²) in [5, 5.41) is 2.29. The van der Waals surface area contributed by atoms with Gasteiger partial charge in [0.15, 0.2) is 17.5 Å². The van der Waals surface area contributed by atoms with Crippen molar-refractivity contribution in [3.05, 3.63) is 54.0 Å². The second-order valence-electron chi connectivity index (χ2n) is 4.54. The summed E-state index contributed by atoms with van der Waals surface area (Å²) in [4.78, 5) is 23.3. The van der Waals surface area contributed by atoms with Crippen molar-refractivity contribution in [2.24, 2.45) is 0 Å². The van der Waals surface area contributed by atoms with Crippen LogP contribution in [0, 0.1) is 6.92 Å². The third-order valence-electron chi connectivity index (χ3n) is 2.65. The fraction of sp³-hybridized carbons (Fsp3) is 0.133. The number of nitrogens with one attached hydrogen (secondary N) is 3. The van der Waals surface area contributed by atoms with Gasteiger partial charge in [0.2, 0.25) is 0 Å². The van der Waals surface area contributed by atoms with Crippen molar-refractivity contribution in [3.8, 4) is 5.75 Å². The SMILES string of the molecule is Cc1cccc(OCC(=O)NNC(=S)NC(=O)c2ccco2)c1. The number of carbonyl (C=O) groups excluding carboxylic acids is 2. The van der Waals surface area contributed by atoms with Crippen molar-refractivity contribution in [2.75, 3.05) is 6.61 Å². The zero-order chi connectivity index (χ0) is 16.7. The number of benzene rings is 1. The van der Waals surface area contributed by atoms with Gasteiger partial charge in [-0.15, -0.1) is 0 Å². The van der Waals surface area contributed by atoms with Gasteiger partial charge in [-0.05, 0) is 49.0 Å². The normalized spacial score (nSPS) is 9.78. The van der Waals surface area contributed by atoms with Crippen LogP contribution in [0.1, 0.15) is 16.1 Å². The number of hydrazine groups is 1.